The number of esters is 1. The molecular weight excluding hydrogens is 436 g/mol. The van der Waals surface area contributed by atoms with Crippen LogP contribution in [0.4, 0.5) is 0 Å². The van der Waals surface area contributed by atoms with Gasteiger partial charge in [0.1, 0.15) is 11.6 Å². The number of aromatic nitrogens is 1. The van der Waals surface area contributed by atoms with Crippen molar-refractivity contribution in [2.24, 2.45) is 11.7 Å². The molecule has 9 nitrogen and oxygen atoms in total. The first-order valence-corrected chi connectivity index (χ1v) is 10.5. The monoisotopic (exact) mass is 462 g/mol. The van der Waals surface area contributed by atoms with Crippen molar-refractivity contribution >= 4 is 17.7 Å². The van der Waals surface area contributed by atoms with Crippen LogP contribution >= 0.6 is 0 Å². The zero-order valence-corrected chi connectivity index (χ0v) is 18.8. The molecule has 0 bridgehead atoms. The first kappa shape index (κ1) is 24.2. The molecule has 0 fully saturated rings. The molecule has 0 saturated carbocycles. The molecule has 3 aromatic rings. The topological polar surface area (TPSA) is 158 Å². The number of nitrogens with two attached hydrogens (primary N) is 1. The van der Waals surface area contributed by atoms with Crippen LogP contribution in [0.1, 0.15) is 28.4 Å². The van der Waals surface area contributed by atoms with Crippen molar-refractivity contribution in [1.82, 2.24) is 10.3 Å². The van der Waals surface area contributed by atoms with Crippen LogP contribution < -0.4 is 16.6 Å². The number of phenols is 1. The van der Waals surface area contributed by atoms with E-state index in [0.717, 1.165) is 11.1 Å². The van der Waals surface area contributed by atoms with Gasteiger partial charge in [-0.25, -0.2) is 0 Å². The summed E-state index contributed by atoms with van der Waals surface area (Å²) in [4.78, 5) is 39.1. The summed E-state index contributed by atoms with van der Waals surface area (Å²) in [5.41, 5.74) is 8.18. The van der Waals surface area contributed by atoms with Gasteiger partial charge in [-0.1, -0.05) is 12.1 Å². The van der Waals surface area contributed by atoms with Crippen LogP contribution in [-0.4, -0.2) is 41.0 Å². The standard InChI is InChI=1S/C25H26N4O5/c1-14(20(25(33)34-2)12-19-11-17(23(26)27)7-9-21(19)30)29-24(32)16-5-3-15(4-6-16)18-8-10-22(31)28-13-18/h3-11,13-14,20,30H,12H2,1-2H3,(H3,26,27)(H,28,31)(H,29,32)/t14-,20-/m1/s1. The Labute approximate surface area is 196 Å². The van der Waals surface area contributed by atoms with E-state index in [2.05, 4.69) is 10.3 Å². The molecule has 1 aromatic heterocycles. The second kappa shape index (κ2) is 10.5. The molecule has 0 aliphatic carbocycles. The minimum atomic E-state index is -0.789. The average molecular weight is 463 g/mol. The first-order valence-electron chi connectivity index (χ1n) is 10.5. The molecule has 0 saturated heterocycles. The molecule has 0 unspecified atom stereocenters. The Morgan fingerprint density at radius 3 is 2.32 bits per heavy atom. The van der Waals surface area contributed by atoms with E-state index < -0.39 is 17.9 Å². The van der Waals surface area contributed by atoms with Gasteiger partial charge in [-0.3, -0.25) is 19.8 Å². The fourth-order valence-electron chi connectivity index (χ4n) is 3.56. The van der Waals surface area contributed by atoms with E-state index in [1.807, 2.05) is 0 Å². The number of nitrogens with one attached hydrogen (secondary N) is 3. The molecule has 6 N–H and O–H groups in total. The van der Waals surface area contributed by atoms with Gasteiger partial charge in [-0.05, 0) is 66.4 Å². The predicted molar refractivity (Wildman–Crippen MR) is 128 cm³/mol. The lowest BCUT2D eigenvalue weighted by Crippen LogP contribution is -2.42. The fraction of sp³-hybridized carbons (Fsp3) is 0.200. The molecule has 0 aliphatic rings. The SMILES string of the molecule is COC(=O)[C@H](Cc1cc(C(=N)N)ccc1O)[C@@H](C)NC(=O)c1ccc(-c2ccc(=O)[nH]c2)cc1. The van der Waals surface area contributed by atoms with E-state index in [9.17, 15) is 19.5 Å². The van der Waals surface area contributed by atoms with Crippen molar-refractivity contribution in [2.75, 3.05) is 7.11 Å². The highest BCUT2D eigenvalue weighted by atomic mass is 16.5. The van der Waals surface area contributed by atoms with Crippen molar-refractivity contribution < 1.29 is 19.4 Å². The van der Waals surface area contributed by atoms with E-state index in [1.165, 1.54) is 31.4 Å². The number of carbonyl (C=O) groups is 2. The third kappa shape index (κ3) is 5.69. The number of rotatable bonds is 8. The largest absolute Gasteiger partial charge is 0.508 e. The molecule has 0 aliphatic heterocycles. The summed E-state index contributed by atoms with van der Waals surface area (Å²) in [6.07, 6.45) is 1.67. The number of pyridine rings is 1. The number of amidine groups is 1. The minimum Gasteiger partial charge on any atom is -0.508 e. The van der Waals surface area contributed by atoms with E-state index in [4.69, 9.17) is 15.9 Å². The zero-order valence-electron chi connectivity index (χ0n) is 18.8. The van der Waals surface area contributed by atoms with Gasteiger partial charge in [-0.2, -0.15) is 0 Å². The number of methoxy groups -OCH3 is 1. The molecular formula is C25H26N4O5. The van der Waals surface area contributed by atoms with Gasteiger partial charge in [0.25, 0.3) is 5.91 Å². The Kier molecular flexibility index (Phi) is 7.47. The Balaban J connectivity index is 1.76. The zero-order chi connectivity index (χ0) is 24.8. The maximum atomic E-state index is 12.8. The van der Waals surface area contributed by atoms with E-state index in [1.54, 1.807) is 43.5 Å². The highest BCUT2D eigenvalue weighted by Gasteiger charge is 2.29. The third-order valence-electron chi connectivity index (χ3n) is 5.56. The molecule has 34 heavy (non-hydrogen) atoms. The van der Waals surface area contributed by atoms with Crippen LogP contribution in [0.2, 0.25) is 0 Å². The van der Waals surface area contributed by atoms with Crippen LogP contribution in [0.3, 0.4) is 0 Å². The number of ether oxygens (including phenoxy) is 1. The number of amides is 1. The number of nitrogen functional groups attached to an aromatic ring is 1. The molecule has 1 heterocycles. The van der Waals surface area contributed by atoms with Gasteiger partial charge in [-0.15, -0.1) is 0 Å². The molecule has 9 heteroatoms. The van der Waals surface area contributed by atoms with E-state index in [0.29, 0.717) is 16.7 Å². The second-order valence-corrected chi connectivity index (χ2v) is 7.87. The molecule has 2 aromatic carbocycles. The molecule has 2 atom stereocenters. The molecule has 0 spiro atoms. The van der Waals surface area contributed by atoms with Gasteiger partial charge in [0.15, 0.2) is 0 Å². The average Bonchev–Trinajstić information content (AvgIpc) is 2.83. The Bertz CT molecular complexity index is 1250. The summed E-state index contributed by atoms with van der Waals surface area (Å²) < 4.78 is 4.92. The molecule has 3 rings (SSSR count). The van der Waals surface area contributed by atoms with Crippen LogP contribution in [-0.2, 0) is 16.0 Å². The summed E-state index contributed by atoms with van der Waals surface area (Å²) in [6.45, 7) is 1.68. The number of benzene rings is 2. The maximum Gasteiger partial charge on any atom is 0.311 e. The second-order valence-electron chi connectivity index (χ2n) is 7.87. The number of hydrogen-bond donors (Lipinski definition) is 5. The summed E-state index contributed by atoms with van der Waals surface area (Å²) in [5, 5.41) is 20.6. The Hall–Kier alpha value is -4.40. The molecule has 0 radical (unpaired) electrons. The highest BCUT2D eigenvalue weighted by Crippen LogP contribution is 2.24. The smallest absolute Gasteiger partial charge is 0.311 e. The lowest BCUT2D eigenvalue weighted by molar-refractivity contribution is -0.146. The Morgan fingerprint density at radius 2 is 1.74 bits per heavy atom. The van der Waals surface area contributed by atoms with Crippen LogP contribution in [0.25, 0.3) is 11.1 Å². The summed E-state index contributed by atoms with van der Waals surface area (Å²) in [5.74, 6) is -1.93. The third-order valence-corrected chi connectivity index (χ3v) is 5.56. The fourth-order valence-corrected chi connectivity index (χ4v) is 3.56. The van der Waals surface area contributed by atoms with Gasteiger partial charge >= 0.3 is 5.97 Å². The number of hydrogen-bond acceptors (Lipinski definition) is 6. The van der Waals surface area contributed by atoms with Crippen molar-refractivity contribution in [3.63, 3.8) is 0 Å². The number of aromatic amines is 1. The summed E-state index contributed by atoms with van der Waals surface area (Å²) in [6, 6.07) is 13.8. The van der Waals surface area contributed by atoms with Crippen LogP contribution in [0.15, 0.2) is 65.6 Å². The number of H-pyrrole nitrogens is 1. The van der Waals surface area contributed by atoms with E-state index in [-0.39, 0.29) is 29.5 Å². The van der Waals surface area contributed by atoms with Crippen LogP contribution in [0.5, 0.6) is 5.75 Å². The van der Waals surface area contributed by atoms with Gasteiger partial charge in [0.05, 0.1) is 13.0 Å². The number of aromatic hydroxyl groups is 1. The lowest BCUT2D eigenvalue weighted by Gasteiger charge is -2.23. The van der Waals surface area contributed by atoms with Crippen molar-refractivity contribution in [2.45, 2.75) is 19.4 Å². The van der Waals surface area contributed by atoms with Gasteiger partial charge in [0, 0.05) is 29.4 Å². The maximum absolute atomic E-state index is 12.8. The normalized spacial score (nSPS) is 12.4. The number of carbonyl (C=O) groups excluding carboxylic acids is 2. The summed E-state index contributed by atoms with van der Waals surface area (Å²) >= 11 is 0. The highest BCUT2D eigenvalue weighted by molar-refractivity contribution is 5.96. The van der Waals surface area contributed by atoms with Gasteiger partial charge in [0.2, 0.25) is 5.56 Å². The van der Waals surface area contributed by atoms with Crippen LogP contribution in [0, 0.1) is 11.3 Å². The van der Waals surface area contributed by atoms with Gasteiger partial charge < -0.3 is 25.9 Å². The van der Waals surface area contributed by atoms with E-state index >= 15 is 0 Å². The predicted octanol–water partition coefficient (Wildman–Crippen LogP) is 2.18. The minimum absolute atomic E-state index is 0.0460. The summed E-state index contributed by atoms with van der Waals surface area (Å²) in [7, 11) is 1.26. The molecule has 176 valence electrons. The van der Waals surface area contributed by atoms with Crippen molar-refractivity contribution in [1.29, 1.82) is 5.41 Å². The molecule has 1 amide bonds. The Morgan fingerprint density at radius 1 is 1.09 bits per heavy atom. The quantitative estimate of drug-likeness (QED) is 0.196. The van der Waals surface area contributed by atoms with Crippen molar-refractivity contribution in [3.8, 4) is 16.9 Å². The lowest BCUT2D eigenvalue weighted by atomic mass is 9.91. The number of phenolic OH excluding ortho intramolecular Hbond substituents is 1. The van der Waals surface area contributed by atoms with Crippen molar-refractivity contribution in [3.05, 3.63) is 87.8 Å². The first-order chi connectivity index (χ1) is 16.2.